The van der Waals surface area contributed by atoms with E-state index < -0.39 is 11.4 Å². The standard InChI is InChI=1S/C11H8BrNO3/c12-6-1-2-7-8(5-6)16-9(13-7)11(3-4-11)10(14)15/h1-2,5H,3-4H2,(H,14,15). The highest BCUT2D eigenvalue weighted by Crippen LogP contribution is 2.48. The van der Waals surface area contributed by atoms with Crippen molar-refractivity contribution < 1.29 is 14.3 Å². The van der Waals surface area contributed by atoms with Crippen LogP contribution in [0.1, 0.15) is 18.7 Å². The lowest BCUT2D eigenvalue weighted by Gasteiger charge is -2.01. The first-order valence-corrected chi connectivity index (χ1v) is 5.71. The minimum absolute atomic E-state index is 0.327. The Kier molecular flexibility index (Phi) is 1.89. The number of carboxylic acids is 1. The highest BCUT2D eigenvalue weighted by molar-refractivity contribution is 9.10. The van der Waals surface area contributed by atoms with Crippen LogP contribution >= 0.6 is 15.9 Å². The third kappa shape index (κ3) is 1.28. The molecule has 0 atom stereocenters. The van der Waals surface area contributed by atoms with Gasteiger partial charge in [0.25, 0.3) is 0 Å². The highest BCUT2D eigenvalue weighted by Gasteiger charge is 2.56. The van der Waals surface area contributed by atoms with Crippen molar-refractivity contribution in [3.8, 4) is 0 Å². The maximum atomic E-state index is 11.1. The second kappa shape index (κ2) is 3.07. The predicted octanol–water partition coefficient (Wildman–Crippen LogP) is 2.71. The van der Waals surface area contributed by atoms with E-state index in [0.29, 0.717) is 29.8 Å². The van der Waals surface area contributed by atoms with Gasteiger partial charge in [-0.3, -0.25) is 4.79 Å². The van der Waals surface area contributed by atoms with E-state index in [2.05, 4.69) is 20.9 Å². The summed E-state index contributed by atoms with van der Waals surface area (Å²) in [6.07, 6.45) is 1.21. The minimum Gasteiger partial charge on any atom is -0.480 e. The van der Waals surface area contributed by atoms with Crippen LogP contribution in [0.4, 0.5) is 0 Å². The molecule has 0 spiro atoms. The molecule has 1 aliphatic carbocycles. The van der Waals surface area contributed by atoms with Crippen molar-refractivity contribution in [3.63, 3.8) is 0 Å². The second-order valence-electron chi connectivity index (χ2n) is 4.02. The fraction of sp³-hybridized carbons (Fsp3) is 0.273. The SMILES string of the molecule is O=C(O)C1(c2nc3ccc(Br)cc3o2)CC1. The molecule has 0 bridgehead atoms. The number of hydrogen-bond acceptors (Lipinski definition) is 3. The molecule has 1 saturated carbocycles. The summed E-state index contributed by atoms with van der Waals surface area (Å²) in [5, 5.41) is 9.13. The lowest BCUT2D eigenvalue weighted by atomic mass is 10.1. The van der Waals surface area contributed by atoms with E-state index in [1.807, 2.05) is 12.1 Å². The molecule has 0 aliphatic heterocycles. The number of aliphatic carboxylic acids is 1. The molecular formula is C11H8BrNO3. The Balaban J connectivity index is 2.16. The largest absolute Gasteiger partial charge is 0.480 e. The Morgan fingerprint density at radius 2 is 2.25 bits per heavy atom. The van der Waals surface area contributed by atoms with Crippen LogP contribution in [0.3, 0.4) is 0 Å². The number of halogens is 1. The van der Waals surface area contributed by atoms with Crippen LogP contribution in [0.25, 0.3) is 11.1 Å². The van der Waals surface area contributed by atoms with Crippen LogP contribution in [0, 0.1) is 0 Å². The van der Waals surface area contributed by atoms with Gasteiger partial charge in [0, 0.05) is 4.47 Å². The molecule has 4 nitrogen and oxygen atoms in total. The van der Waals surface area contributed by atoms with E-state index >= 15 is 0 Å². The monoisotopic (exact) mass is 281 g/mol. The van der Waals surface area contributed by atoms with Gasteiger partial charge in [0.2, 0.25) is 5.89 Å². The van der Waals surface area contributed by atoms with Gasteiger partial charge in [0.05, 0.1) is 0 Å². The second-order valence-corrected chi connectivity index (χ2v) is 4.93. The summed E-state index contributed by atoms with van der Waals surface area (Å²) in [4.78, 5) is 15.4. The molecule has 82 valence electrons. The molecule has 0 amide bonds. The van der Waals surface area contributed by atoms with E-state index in [0.717, 1.165) is 4.47 Å². The van der Waals surface area contributed by atoms with Crippen molar-refractivity contribution in [2.75, 3.05) is 0 Å². The number of rotatable bonds is 2. The summed E-state index contributed by atoms with van der Waals surface area (Å²) >= 11 is 3.33. The van der Waals surface area contributed by atoms with E-state index in [1.165, 1.54) is 0 Å². The molecule has 2 aromatic rings. The normalized spacial score (nSPS) is 17.6. The van der Waals surface area contributed by atoms with E-state index in [4.69, 9.17) is 9.52 Å². The average Bonchev–Trinajstić information content (AvgIpc) is 2.94. The highest BCUT2D eigenvalue weighted by atomic mass is 79.9. The molecular weight excluding hydrogens is 274 g/mol. The molecule has 3 rings (SSSR count). The number of carboxylic acid groups (broad SMARTS) is 1. The van der Waals surface area contributed by atoms with Crippen molar-refractivity contribution in [2.24, 2.45) is 0 Å². The number of aromatic nitrogens is 1. The van der Waals surface area contributed by atoms with Gasteiger partial charge in [-0.1, -0.05) is 15.9 Å². The maximum Gasteiger partial charge on any atom is 0.319 e. The van der Waals surface area contributed by atoms with E-state index in [-0.39, 0.29) is 0 Å². The molecule has 0 saturated heterocycles. The average molecular weight is 282 g/mol. The quantitative estimate of drug-likeness (QED) is 0.919. The summed E-state index contributed by atoms with van der Waals surface area (Å²) in [7, 11) is 0. The Hall–Kier alpha value is -1.36. The van der Waals surface area contributed by atoms with Crippen LogP contribution < -0.4 is 0 Å². The molecule has 1 heterocycles. The third-order valence-electron chi connectivity index (χ3n) is 2.92. The molecule has 1 N–H and O–H groups in total. The van der Waals surface area contributed by atoms with Crippen molar-refractivity contribution in [1.82, 2.24) is 4.98 Å². The van der Waals surface area contributed by atoms with Gasteiger partial charge >= 0.3 is 5.97 Å². The third-order valence-corrected chi connectivity index (χ3v) is 3.41. The smallest absolute Gasteiger partial charge is 0.319 e. The van der Waals surface area contributed by atoms with Crippen molar-refractivity contribution in [2.45, 2.75) is 18.3 Å². The van der Waals surface area contributed by atoms with Gasteiger partial charge in [-0.2, -0.15) is 0 Å². The molecule has 0 radical (unpaired) electrons. The van der Waals surface area contributed by atoms with Crippen LogP contribution in [-0.4, -0.2) is 16.1 Å². The first-order chi connectivity index (χ1) is 7.62. The zero-order chi connectivity index (χ0) is 11.3. The van der Waals surface area contributed by atoms with Crippen molar-refractivity contribution in [1.29, 1.82) is 0 Å². The Morgan fingerprint density at radius 3 is 2.88 bits per heavy atom. The lowest BCUT2D eigenvalue weighted by Crippen LogP contribution is -2.19. The summed E-state index contributed by atoms with van der Waals surface area (Å²) in [6.45, 7) is 0. The number of fused-ring (bicyclic) bond motifs is 1. The fourth-order valence-corrected chi connectivity index (χ4v) is 2.09. The molecule has 16 heavy (non-hydrogen) atoms. The zero-order valence-corrected chi connectivity index (χ0v) is 9.82. The molecule has 1 fully saturated rings. The number of benzene rings is 1. The number of hydrogen-bond donors (Lipinski definition) is 1. The maximum absolute atomic E-state index is 11.1. The molecule has 0 unspecified atom stereocenters. The minimum atomic E-state index is -0.870. The van der Waals surface area contributed by atoms with Gasteiger partial charge in [0.15, 0.2) is 5.58 Å². The van der Waals surface area contributed by atoms with Gasteiger partial charge in [0.1, 0.15) is 10.9 Å². The van der Waals surface area contributed by atoms with Gasteiger partial charge < -0.3 is 9.52 Å². The number of oxazole rings is 1. The predicted molar refractivity (Wildman–Crippen MR) is 60.3 cm³/mol. The van der Waals surface area contributed by atoms with E-state index in [9.17, 15) is 4.79 Å². The molecule has 1 aromatic carbocycles. The summed E-state index contributed by atoms with van der Waals surface area (Å²) in [6, 6.07) is 5.46. The summed E-state index contributed by atoms with van der Waals surface area (Å²) in [5.74, 6) is -0.522. The van der Waals surface area contributed by atoms with Crippen molar-refractivity contribution >= 4 is 33.0 Å². The van der Waals surface area contributed by atoms with Gasteiger partial charge in [-0.25, -0.2) is 4.98 Å². The molecule has 5 heteroatoms. The van der Waals surface area contributed by atoms with Crippen LogP contribution in [0.2, 0.25) is 0 Å². The summed E-state index contributed by atoms with van der Waals surface area (Å²) < 4.78 is 6.41. The topological polar surface area (TPSA) is 63.3 Å². The van der Waals surface area contributed by atoms with Crippen molar-refractivity contribution in [3.05, 3.63) is 28.6 Å². The Labute approximate surface area is 99.4 Å². The molecule has 1 aromatic heterocycles. The first-order valence-electron chi connectivity index (χ1n) is 4.92. The fourth-order valence-electron chi connectivity index (χ4n) is 1.75. The number of carbonyl (C=O) groups is 1. The zero-order valence-electron chi connectivity index (χ0n) is 8.24. The van der Waals surface area contributed by atoms with Gasteiger partial charge in [-0.05, 0) is 31.0 Å². The number of nitrogens with zero attached hydrogens (tertiary/aromatic N) is 1. The van der Waals surface area contributed by atoms with Gasteiger partial charge in [-0.15, -0.1) is 0 Å². The molecule has 1 aliphatic rings. The first kappa shape index (κ1) is 9.84. The Morgan fingerprint density at radius 1 is 1.50 bits per heavy atom. The Bertz CT molecular complexity index is 586. The lowest BCUT2D eigenvalue weighted by molar-refractivity contribution is -0.140. The van der Waals surface area contributed by atoms with E-state index in [1.54, 1.807) is 6.07 Å². The van der Waals surface area contributed by atoms with Crippen LogP contribution in [0.15, 0.2) is 27.1 Å². The van der Waals surface area contributed by atoms with Crippen LogP contribution in [0.5, 0.6) is 0 Å². The summed E-state index contributed by atoms with van der Waals surface area (Å²) in [5.41, 5.74) is 0.452. The van der Waals surface area contributed by atoms with Crippen LogP contribution in [-0.2, 0) is 10.2 Å².